The third kappa shape index (κ3) is 6.65. The summed E-state index contributed by atoms with van der Waals surface area (Å²) in [6.07, 6.45) is 1.87. The molecule has 1 N–H and O–H groups in total. The van der Waals surface area contributed by atoms with Gasteiger partial charge in [-0.05, 0) is 42.9 Å². The van der Waals surface area contributed by atoms with Crippen molar-refractivity contribution < 1.29 is 23.4 Å². The molecule has 1 amide bonds. The molecule has 5 rings (SSSR count). The molecular formula is C31H33F2N5O4S. The number of aryl methyl sites for hydroxylation is 2. The topological polar surface area (TPSA) is 101 Å². The van der Waals surface area contributed by atoms with Crippen LogP contribution < -0.4 is 15.4 Å². The number of alkyl halides is 2. The van der Waals surface area contributed by atoms with Crippen molar-refractivity contribution in [2.24, 2.45) is 0 Å². The Labute approximate surface area is 252 Å². The van der Waals surface area contributed by atoms with E-state index in [-0.39, 0.29) is 31.7 Å². The second-order valence-corrected chi connectivity index (χ2v) is 11.1. The first-order valence-corrected chi connectivity index (χ1v) is 15.2. The van der Waals surface area contributed by atoms with Gasteiger partial charge < -0.3 is 14.7 Å². The first kappa shape index (κ1) is 30.4. The fourth-order valence-electron chi connectivity index (χ4n) is 5.29. The van der Waals surface area contributed by atoms with Crippen LogP contribution >= 0.6 is 11.8 Å². The van der Waals surface area contributed by atoms with E-state index in [9.17, 15) is 18.4 Å². The maximum Gasteiger partial charge on any atom is 0.414 e. The summed E-state index contributed by atoms with van der Waals surface area (Å²) < 4.78 is 35.4. The highest BCUT2D eigenvalue weighted by Crippen LogP contribution is 2.40. The number of aromatic nitrogens is 3. The Morgan fingerprint density at radius 3 is 2.63 bits per heavy atom. The second-order valence-electron chi connectivity index (χ2n) is 10.3. The molecule has 4 aromatic rings. The van der Waals surface area contributed by atoms with Crippen LogP contribution in [0, 0.1) is 6.92 Å². The Kier molecular flexibility index (Phi) is 9.26. The lowest BCUT2D eigenvalue weighted by Gasteiger charge is -2.38. The molecule has 9 nitrogen and oxygen atoms in total. The number of benzene rings is 2. The number of fused-ring (bicyclic) bond motifs is 2. The van der Waals surface area contributed by atoms with Crippen LogP contribution in [0.4, 0.5) is 30.6 Å². The lowest BCUT2D eigenvalue weighted by atomic mass is 10.1. The van der Waals surface area contributed by atoms with E-state index in [0.717, 1.165) is 11.1 Å². The number of carbonyl (C=O) groups is 1. The Bertz CT molecular complexity index is 1670. The molecule has 0 saturated carbocycles. The molecule has 2 aromatic carbocycles. The summed E-state index contributed by atoms with van der Waals surface area (Å²) in [6, 6.07) is 16.7. The molecule has 0 spiro atoms. The summed E-state index contributed by atoms with van der Waals surface area (Å²) >= 11 is 1.32. The molecule has 0 radical (unpaired) electrons. The average Bonchev–Trinajstić information content (AvgIpc) is 3.00. The van der Waals surface area contributed by atoms with E-state index >= 15 is 0 Å². The number of halogens is 2. The monoisotopic (exact) mass is 609 g/mol. The van der Waals surface area contributed by atoms with E-state index in [0.29, 0.717) is 39.8 Å². The van der Waals surface area contributed by atoms with Crippen molar-refractivity contribution in [2.75, 3.05) is 35.8 Å². The van der Waals surface area contributed by atoms with Gasteiger partial charge in [-0.25, -0.2) is 23.5 Å². The van der Waals surface area contributed by atoms with Crippen LogP contribution in [0.2, 0.25) is 0 Å². The highest BCUT2D eigenvalue weighted by atomic mass is 32.2. The van der Waals surface area contributed by atoms with E-state index in [1.165, 1.54) is 16.3 Å². The normalized spacial score (nSPS) is 13.3. The average molecular weight is 610 g/mol. The summed E-state index contributed by atoms with van der Waals surface area (Å²) in [7, 11) is 0. The molecule has 12 heteroatoms. The fourth-order valence-corrected chi connectivity index (χ4v) is 5.62. The molecule has 0 saturated heterocycles. The van der Waals surface area contributed by atoms with Crippen LogP contribution in [-0.2, 0) is 17.9 Å². The van der Waals surface area contributed by atoms with Crippen LogP contribution in [0.25, 0.3) is 11.0 Å². The zero-order valence-corrected chi connectivity index (χ0v) is 24.8. The number of para-hydroxylation sites is 1. The number of amides is 1. The molecule has 0 aliphatic carbocycles. The third-order valence-electron chi connectivity index (χ3n) is 7.41. The number of ether oxygens (including phenoxy) is 1. The van der Waals surface area contributed by atoms with Gasteiger partial charge in [-0.3, -0.25) is 14.3 Å². The first-order chi connectivity index (χ1) is 20.7. The number of rotatable bonds is 10. The van der Waals surface area contributed by atoms with Crippen molar-refractivity contribution in [2.45, 2.75) is 50.4 Å². The first-order valence-electron chi connectivity index (χ1n) is 14.0. The number of aliphatic hydroxyl groups excluding tert-OH is 1. The number of hydrogen-bond donors (Lipinski definition) is 1. The molecule has 0 atom stereocenters. The van der Waals surface area contributed by atoms with Gasteiger partial charge in [-0.1, -0.05) is 54.2 Å². The van der Waals surface area contributed by atoms with E-state index in [1.54, 1.807) is 17.2 Å². The minimum absolute atomic E-state index is 0.0147. The van der Waals surface area contributed by atoms with Gasteiger partial charge in [-0.2, -0.15) is 0 Å². The minimum Gasteiger partial charge on any atom is -0.444 e. The van der Waals surface area contributed by atoms with Crippen molar-refractivity contribution in [3.63, 3.8) is 0 Å². The number of anilines is 3. The summed E-state index contributed by atoms with van der Waals surface area (Å²) in [5.41, 5.74) is 3.32. The summed E-state index contributed by atoms with van der Waals surface area (Å²) in [4.78, 5) is 39.6. The summed E-state index contributed by atoms with van der Waals surface area (Å²) in [5, 5.41) is 10.0. The van der Waals surface area contributed by atoms with E-state index < -0.39 is 31.5 Å². The lowest BCUT2D eigenvalue weighted by Crippen LogP contribution is -2.44. The standard InChI is InChI=1S/C31H33F2N5O4S/c1-21-8-6-11-24-26(21)37(30(41)42-20-22-9-4-3-5-10-22)16-15-36(24)25-18-23-19-34-29(43-2)35-27(23)38(28(25)40)14-7-12-31(32,33)13-17-39/h3-6,8-11,18-19,39H,7,12-17,20H2,1-2H3. The number of aliphatic hydroxyl groups is 1. The Balaban J connectivity index is 1.51. The van der Waals surface area contributed by atoms with Crippen molar-refractivity contribution in [1.29, 1.82) is 0 Å². The molecule has 0 unspecified atom stereocenters. The highest BCUT2D eigenvalue weighted by molar-refractivity contribution is 7.98. The zero-order valence-electron chi connectivity index (χ0n) is 24.0. The van der Waals surface area contributed by atoms with Gasteiger partial charge in [0.2, 0.25) is 5.92 Å². The third-order valence-corrected chi connectivity index (χ3v) is 7.97. The van der Waals surface area contributed by atoms with Gasteiger partial charge in [0, 0.05) is 50.7 Å². The quantitative estimate of drug-likeness (QED) is 0.175. The molecule has 1 aliphatic rings. The fraction of sp³-hybridized carbons (Fsp3) is 0.355. The SMILES string of the molecule is CSc1ncc2cc(N3CCN(C(=O)OCc4ccccc4)c4c(C)cccc43)c(=O)n(CCCC(F)(F)CCO)c2n1. The van der Waals surface area contributed by atoms with Gasteiger partial charge in [0.1, 0.15) is 17.9 Å². The lowest BCUT2D eigenvalue weighted by molar-refractivity contribution is -0.0312. The number of pyridine rings is 1. The number of hydrogen-bond acceptors (Lipinski definition) is 8. The van der Waals surface area contributed by atoms with E-state index in [4.69, 9.17) is 9.84 Å². The van der Waals surface area contributed by atoms with Crippen LogP contribution in [0.15, 0.2) is 70.7 Å². The molecule has 0 fully saturated rings. The van der Waals surface area contributed by atoms with Crippen LogP contribution in [0.1, 0.15) is 30.4 Å². The number of thioether (sulfide) groups is 1. The van der Waals surface area contributed by atoms with Crippen molar-refractivity contribution in [3.8, 4) is 0 Å². The van der Waals surface area contributed by atoms with Gasteiger partial charge in [-0.15, -0.1) is 0 Å². The molecule has 0 bridgehead atoms. The summed E-state index contributed by atoms with van der Waals surface area (Å²) in [5.74, 6) is -3.03. The highest BCUT2D eigenvalue weighted by Gasteiger charge is 2.32. The Morgan fingerprint density at radius 1 is 1.09 bits per heavy atom. The predicted octanol–water partition coefficient (Wildman–Crippen LogP) is 5.91. The maximum atomic E-state index is 14.2. The van der Waals surface area contributed by atoms with Gasteiger partial charge in [0.25, 0.3) is 5.56 Å². The second kappa shape index (κ2) is 13.1. The van der Waals surface area contributed by atoms with Crippen LogP contribution in [0.3, 0.4) is 0 Å². The predicted molar refractivity (Wildman–Crippen MR) is 164 cm³/mol. The molecule has 3 heterocycles. The van der Waals surface area contributed by atoms with Gasteiger partial charge in [0.15, 0.2) is 5.16 Å². The van der Waals surface area contributed by atoms with Crippen molar-refractivity contribution >= 4 is 46.0 Å². The van der Waals surface area contributed by atoms with E-state index in [2.05, 4.69) is 9.97 Å². The van der Waals surface area contributed by atoms with Crippen LogP contribution in [0.5, 0.6) is 0 Å². The maximum absolute atomic E-state index is 14.2. The number of carbonyl (C=O) groups excluding carboxylic acids is 1. The van der Waals surface area contributed by atoms with Crippen molar-refractivity contribution in [3.05, 3.63) is 82.3 Å². The van der Waals surface area contributed by atoms with E-state index in [1.807, 2.05) is 66.6 Å². The molecular weight excluding hydrogens is 576 g/mol. The van der Waals surface area contributed by atoms with Crippen LogP contribution in [-0.4, -0.2) is 57.6 Å². The molecule has 226 valence electrons. The number of nitrogens with zero attached hydrogens (tertiary/aromatic N) is 5. The largest absolute Gasteiger partial charge is 0.444 e. The molecule has 1 aliphatic heterocycles. The molecule has 2 aromatic heterocycles. The Morgan fingerprint density at radius 2 is 1.88 bits per heavy atom. The van der Waals surface area contributed by atoms with Crippen molar-refractivity contribution in [1.82, 2.24) is 14.5 Å². The minimum atomic E-state index is -3.03. The Hall–Kier alpha value is -4.03. The smallest absolute Gasteiger partial charge is 0.414 e. The van der Waals surface area contributed by atoms with Gasteiger partial charge in [0.05, 0.1) is 11.4 Å². The van der Waals surface area contributed by atoms with Gasteiger partial charge >= 0.3 is 6.09 Å². The summed E-state index contributed by atoms with van der Waals surface area (Å²) in [6.45, 7) is 1.99. The zero-order chi connectivity index (χ0) is 30.6. The molecule has 43 heavy (non-hydrogen) atoms.